The molecule has 2 aliphatic rings. The molecule has 1 saturated heterocycles. The van der Waals surface area contributed by atoms with Gasteiger partial charge in [-0.1, -0.05) is 12.1 Å². The number of hydrogen-bond donors (Lipinski definition) is 0. The number of nitrogens with zero attached hydrogens (tertiary/aromatic N) is 3. The van der Waals surface area contributed by atoms with Gasteiger partial charge in [0, 0.05) is 24.8 Å². The van der Waals surface area contributed by atoms with Crippen LogP contribution in [0.25, 0.3) is 0 Å². The summed E-state index contributed by atoms with van der Waals surface area (Å²) in [5.74, 6) is 0. The Morgan fingerprint density at radius 2 is 2.05 bits per heavy atom. The van der Waals surface area contributed by atoms with Gasteiger partial charge in [-0.3, -0.25) is 4.90 Å². The highest BCUT2D eigenvalue weighted by Crippen LogP contribution is 2.49. The van der Waals surface area contributed by atoms with Crippen LogP contribution >= 0.6 is 0 Å². The number of aliphatic imine (C=N–C) groups is 1. The van der Waals surface area contributed by atoms with Crippen LogP contribution < -0.4 is 4.90 Å². The fraction of sp³-hybridized carbons (Fsp3) is 0.500. The minimum Gasteiger partial charge on any atom is -0.320 e. The van der Waals surface area contributed by atoms with E-state index in [1.165, 1.54) is 0 Å². The second-order valence-electron chi connectivity index (χ2n) is 6.01. The van der Waals surface area contributed by atoms with Crippen molar-refractivity contribution in [2.45, 2.75) is 38.3 Å². The van der Waals surface area contributed by atoms with Crippen LogP contribution in [-0.4, -0.2) is 36.1 Å². The zero-order valence-corrected chi connectivity index (χ0v) is 12.4. The normalized spacial score (nSPS) is 19.9. The van der Waals surface area contributed by atoms with Gasteiger partial charge in [0.05, 0.1) is 5.54 Å². The van der Waals surface area contributed by atoms with E-state index in [-0.39, 0.29) is 12.1 Å². The quantitative estimate of drug-likeness (QED) is 0.631. The van der Waals surface area contributed by atoms with E-state index in [2.05, 4.69) is 4.99 Å². The highest BCUT2D eigenvalue weighted by molar-refractivity contribution is 5.94. The molecule has 0 aromatic heterocycles. The lowest BCUT2D eigenvalue weighted by Gasteiger charge is -2.22. The van der Waals surface area contributed by atoms with Crippen LogP contribution in [-0.2, 0) is 10.3 Å². The number of amides is 2. The van der Waals surface area contributed by atoms with E-state index in [4.69, 9.17) is 0 Å². The lowest BCUT2D eigenvalue weighted by Crippen LogP contribution is -2.36. The summed E-state index contributed by atoms with van der Waals surface area (Å²) in [6, 6.07) is 8.07. The SMILES string of the molecule is CC(C)N1CCN(c2cccc(C3(N=C=O)CC3)c2)C1=O. The van der Waals surface area contributed by atoms with E-state index in [0.717, 1.165) is 30.6 Å². The van der Waals surface area contributed by atoms with E-state index in [9.17, 15) is 9.59 Å². The summed E-state index contributed by atoms with van der Waals surface area (Å²) in [5.41, 5.74) is 1.49. The Morgan fingerprint density at radius 1 is 1.29 bits per heavy atom. The van der Waals surface area contributed by atoms with Crippen molar-refractivity contribution in [3.05, 3.63) is 29.8 Å². The molecule has 5 nitrogen and oxygen atoms in total. The van der Waals surface area contributed by atoms with Crippen LogP contribution in [0.15, 0.2) is 29.3 Å². The monoisotopic (exact) mass is 285 g/mol. The fourth-order valence-corrected chi connectivity index (χ4v) is 2.91. The molecule has 2 fully saturated rings. The minimum absolute atomic E-state index is 0.0471. The topological polar surface area (TPSA) is 53.0 Å². The Kier molecular flexibility index (Phi) is 3.30. The number of hydrogen-bond acceptors (Lipinski definition) is 3. The Bertz CT molecular complexity index is 616. The molecule has 1 aromatic rings. The molecule has 0 N–H and O–H groups in total. The third-order valence-corrected chi connectivity index (χ3v) is 4.34. The van der Waals surface area contributed by atoms with Gasteiger partial charge >= 0.3 is 6.03 Å². The molecule has 21 heavy (non-hydrogen) atoms. The van der Waals surface area contributed by atoms with Gasteiger partial charge in [0.25, 0.3) is 0 Å². The third kappa shape index (κ3) is 2.34. The van der Waals surface area contributed by atoms with E-state index < -0.39 is 5.54 Å². The number of carbonyl (C=O) groups is 1. The smallest absolute Gasteiger partial charge is 0.320 e. The van der Waals surface area contributed by atoms with Crippen molar-refractivity contribution in [2.24, 2.45) is 4.99 Å². The van der Waals surface area contributed by atoms with Crippen LogP contribution in [0.1, 0.15) is 32.3 Å². The summed E-state index contributed by atoms with van der Waals surface area (Å²) in [5, 5.41) is 0. The number of urea groups is 1. The second-order valence-corrected chi connectivity index (χ2v) is 6.01. The first-order chi connectivity index (χ1) is 10.1. The molecule has 0 unspecified atom stereocenters. The molecule has 2 amide bonds. The van der Waals surface area contributed by atoms with Gasteiger partial charge in [-0.15, -0.1) is 0 Å². The third-order valence-electron chi connectivity index (χ3n) is 4.34. The predicted octanol–water partition coefficient (Wildman–Crippen LogP) is 2.66. The molecule has 110 valence electrons. The highest BCUT2D eigenvalue weighted by atomic mass is 16.2. The summed E-state index contributed by atoms with van der Waals surface area (Å²) >= 11 is 0. The van der Waals surface area contributed by atoms with Crippen LogP contribution in [0.3, 0.4) is 0 Å². The molecule has 1 aromatic carbocycles. The van der Waals surface area contributed by atoms with E-state index in [1.54, 1.807) is 11.0 Å². The molecular weight excluding hydrogens is 266 g/mol. The number of isocyanates is 1. The first kappa shape index (κ1) is 13.8. The molecule has 0 bridgehead atoms. The van der Waals surface area contributed by atoms with Crippen molar-refractivity contribution in [3.63, 3.8) is 0 Å². The maximum absolute atomic E-state index is 12.4. The zero-order valence-electron chi connectivity index (χ0n) is 12.4. The number of rotatable bonds is 4. The Morgan fingerprint density at radius 3 is 2.62 bits per heavy atom. The largest absolute Gasteiger partial charge is 0.324 e. The van der Waals surface area contributed by atoms with Gasteiger partial charge in [-0.25, -0.2) is 9.59 Å². The van der Waals surface area contributed by atoms with Gasteiger partial charge in [-0.2, -0.15) is 4.99 Å². The summed E-state index contributed by atoms with van der Waals surface area (Å²) < 4.78 is 0. The summed E-state index contributed by atoms with van der Waals surface area (Å²) in [6.45, 7) is 5.49. The van der Waals surface area contributed by atoms with Crippen LogP contribution in [0.2, 0.25) is 0 Å². The average Bonchev–Trinajstić information content (AvgIpc) is 3.14. The molecule has 0 atom stereocenters. The van der Waals surface area contributed by atoms with Crippen LogP contribution in [0, 0.1) is 0 Å². The summed E-state index contributed by atoms with van der Waals surface area (Å²) in [6.07, 6.45) is 3.42. The summed E-state index contributed by atoms with van der Waals surface area (Å²) in [4.78, 5) is 30.6. The van der Waals surface area contributed by atoms with Gasteiger partial charge in [0.1, 0.15) is 0 Å². The fourth-order valence-electron chi connectivity index (χ4n) is 2.91. The molecule has 1 aliphatic carbocycles. The van der Waals surface area contributed by atoms with Crippen molar-refractivity contribution in [1.29, 1.82) is 0 Å². The molecule has 3 rings (SSSR count). The standard InChI is InChI=1S/C16H19N3O2/c1-12(2)18-8-9-19(15(18)21)14-5-3-4-13(10-14)16(6-7-16)17-11-20/h3-5,10,12H,6-9H2,1-2H3. The Hall–Kier alpha value is -2.13. The molecule has 1 aliphatic heterocycles. The first-order valence-corrected chi connectivity index (χ1v) is 7.35. The number of benzene rings is 1. The minimum atomic E-state index is -0.391. The van der Waals surface area contributed by atoms with E-state index >= 15 is 0 Å². The van der Waals surface area contributed by atoms with Crippen molar-refractivity contribution < 1.29 is 9.59 Å². The van der Waals surface area contributed by atoms with Crippen molar-refractivity contribution in [1.82, 2.24) is 4.90 Å². The summed E-state index contributed by atoms with van der Waals surface area (Å²) in [7, 11) is 0. The van der Waals surface area contributed by atoms with Crippen LogP contribution in [0.5, 0.6) is 0 Å². The molecule has 1 saturated carbocycles. The lowest BCUT2D eigenvalue weighted by molar-refractivity contribution is 0.209. The number of carbonyl (C=O) groups excluding carboxylic acids is 2. The van der Waals surface area contributed by atoms with Gasteiger partial charge in [0.2, 0.25) is 6.08 Å². The van der Waals surface area contributed by atoms with E-state index in [1.807, 2.05) is 43.0 Å². The van der Waals surface area contributed by atoms with Gasteiger partial charge < -0.3 is 4.90 Å². The van der Waals surface area contributed by atoms with Crippen molar-refractivity contribution in [3.8, 4) is 0 Å². The first-order valence-electron chi connectivity index (χ1n) is 7.35. The maximum atomic E-state index is 12.4. The second kappa shape index (κ2) is 5.01. The Balaban J connectivity index is 1.88. The van der Waals surface area contributed by atoms with Gasteiger partial charge in [-0.05, 0) is 44.4 Å². The van der Waals surface area contributed by atoms with Crippen LogP contribution in [0.4, 0.5) is 10.5 Å². The maximum Gasteiger partial charge on any atom is 0.324 e. The zero-order chi connectivity index (χ0) is 15.0. The lowest BCUT2D eigenvalue weighted by atomic mass is 10.0. The molecule has 5 heteroatoms. The highest BCUT2D eigenvalue weighted by Gasteiger charge is 2.45. The Labute approximate surface area is 124 Å². The molecule has 0 spiro atoms. The predicted molar refractivity (Wildman–Crippen MR) is 80.1 cm³/mol. The molecular formula is C16H19N3O2. The van der Waals surface area contributed by atoms with Crippen molar-refractivity contribution in [2.75, 3.05) is 18.0 Å². The van der Waals surface area contributed by atoms with Gasteiger partial charge in [0.15, 0.2) is 0 Å². The number of anilines is 1. The molecule has 0 radical (unpaired) electrons. The van der Waals surface area contributed by atoms with Crippen molar-refractivity contribution >= 4 is 17.8 Å². The van der Waals surface area contributed by atoms with E-state index in [0.29, 0.717) is 6.54 Å². The average molecular weight is 285 g/mol. The molecule has 1 heterocycles.